The van der Waals surface area contributed by atoms with Crippen LogP contribution in [0.3, 0.4) is 0 Å². The average molecular weight is 464 g/mol. The van der Waals surface area contributed by atoms with E-state index in [1.165, 1.54) is 5.57 Å². The van der Waals surface area contributed by atoms with Crippen LogP contribution in [0.2, 0.25) is 0 Å². The summed E-state index contributed by atoms with van der Waals surface area (Å²) < 4.78 is 5.33. The molecule has 0 aromatic heterocycles. The molecule has 2 aliphatic rings. The molecule has 0 spiro atoms. The number of aliphatic imine (C=N–C) groups is 1. The molecular formula is C18H33IN4O2. The van der Waals surface area contributed by atoms with Crippen LogP contribution in [0.25, 0.3) is 0 Å². The molecule has 0 unspecified atom stereocenters. The first-order valence-electron chi connectivity index (χ1n) is 9.11. The third-order valence-electron chi connectivity index (χ3n) is 4.66. The predicted octanol–water partition coefficient (Wildman–Crippen LogP) is 2.15. The van der Waals surface area contributed by atoms with Crippen LogP contribution in [0, 0.1) is 5.92 Å². The van der Waals surface area contributed by atoms with Gasteiger partial charge in [0.25, 0.3) is 0 Å². The van der Waals surface area contributed by atoms with E-state index in [0.717, 1.165) is 64.5 Å². The molecule has 2 N–H and O–H groups in total. The maximum atomic E-state index is 12.0. The zero-order chi connectivity index (χ0) is 17.4. The molecule has 0 saturated carbocycles. The molecule has 2 heterocycles. The minimum Gasteiger partial charge on any atom is -0.377 e. The molecular weight excluding hydrogens is 431 g/mol. The number of nitrogens with one attached hydrogen (secondary N) is 2. The topological polar surface area (TPSA) is 66.0 Å². The normalized spacial score (nSPS) is 19.3. The summed E-state index contributed by atoms with van der Waals surface area (Å²) in [6.45, 7) is 8.06. The Morgan fingerprint density at radius 2 is 2.12 bits per heavy atom. The van der Waals surface area contributed by atoms with Gasteiger partial charge in [0, 0.05) is 38.6 Å². The van der Waals surface area contributed by atoms with E-state index in [1.54, 1.807) is 7.05 Å². The number of hydrogen-bond donors (Lipinski definition) is 2. The summed E-state index contributed by atoms with van der Waals surface area (Å²) in [5.41, 5.74) is 1.46. The van der Waals surface area contributed by atoms with Crippen LogP contribution < -0.4 is 10.6 Å². The SMILES string of the molecule is CN=C(NCCC1=CCOCC1)NC1CCN(C(=O)C(C)C)CC1.I. The number of carbonyl (C=O) groups is 1. The Labute approximate surface area is 168 Å². The minimum absolute atomic E-state index is 0. The standard InChI is InChI=1S/C18H32N4O2.HI/c1-14(2)17(23)22-10-5-16(6-11-22)21-18(19-3)20-9-4-15-7-12-24-13-8-15;/h7,14,16H,4-6,8-13H2,1-3H3,(H2,19,20,21);1H. The summed E-state index contributed by atoms with van der Waals surface area (Å²) in [7, 11) is 1.81. The van der Waals surface area contributed by atoms with Crippen LogP contribution in [-0.4, -0.2) is 62.7 Å². The second kappa shape index (κ2) is 11.7. The van der Waals surface area contributed by atoms with E-state index in [2.05, 4.69) is 21.7 Å². The summed E-state index contributed by atoms with van der Waals surface area (Å²) in [5, 5.41) is 6.88. The first kappa shape index (κ1) is 22.2. The Kier molecular flexibility index (Phi) is 10.4. The van der Waals surface area contributed by atoms with Crippen molar-refractivity contribution < 1.29 is 9.53 Å². The number of guanidine groups is 1. The third-order valence-corrected chi connectivity index (χ3v) is 4.66. The van der Waals surface area contributed by atoms with E-state index in [9.17, 15) is 4.79 Å². The van der Waals surface area contributed by atoms with Gasteiger partial charge < -0.3 is 20.3 Å². The second-order valence-corrected chi connectivity index (χ2v) is 6.83. The molecule has 0 atom stereocenters. The van der Waals surface area contributed by atoms with Gasteiger partial charge in [-0.3, -0.25) is 9.79 Å². The number of halogens is 1. The quantitative estimate of drug-likeness (QED) is 0.283. The largest absolute Gasteiger partial charge is 0.377 e. The molecule has 1 amide bonds. The molecule has 2 aliphatic heterocycles. The van der Waals surface area contributed by atoms with Crippen molar-refractivity contribution in [3.8, 4) is 0 Å². The molecule has 1 saturated heterocycles. The number of carbonyl (C=O) groups excluding carboxylic acids is 1. The van der Waals surface area contributed by atoms with E-state index < -0.39 is 0 Å². The molecule has 0 aliphatic carbocycles. The Balaban J connectivity index is 0.00000312. The molecule has 25 heavy (non-hydrogen) atoms. The fourth-order valence-corrected chi connectivity index (χ4v) is 3.13. The monoisotopic (exact) mass is 464 g/mol. The van der Waals surface area contributed by atoms with Crippen molar-refractivity contribution in [1.82, 2.24) is 15.5 Å². The van der Waals surface area contributed by atoms with Gasteiger partial charge >= 0.3 is 0 Å². The molecule has 0 aromatic carbocycles. The Morgan fingerprint density at radius 3 is 2.68 bits per heavy atom. The van der Waals surface area contributed by atoms with E-state index in [1.807, 2.05) is 18.7 Å². The lowest BCUT2D eigenvalue weighted by Gasteiger charge is -2.34. The van der Waals surface area contributed by atoms with Crippen LogP contribution in [0.1, 0.15) is 39.5 Å². The fraction of sp³-hybridized carbons (Fsp3) is 0.778. The first-order valence-corrected chi connectivity index (χ1v) is 9.11. The highest BCUT2D eigenvalue weighted by atomic mass is 127. The van der Waals surface area contributed by atoms with Gasteiger partial charge in [-0.05, 0) is 25.7 Å². The molecule has 7 heteroatoms. The number of hydrogen-bond acceptors (Lipinski definition) is 3. The summed E-state index contributed by atoms with van der Waals surface area (Å²) >= 11 is 0. The minimum atomic E-state index is 0. The highest BCUT2D eigenvalue weighted by Gasteiger charge is 2.24. The zero-order valence-electron chi connectivity index (χ0n) is 15.7. The highest BCUT2D eigenvalue weighted by Crippen LogP contribution is 2.13. The zero-order valence-corrected chi connectivity index (χ0v) is 18.0. The van der Waals surface area contributed by atoms with Crippen LogP contribution in [0.5, 0.6) is 0 Å². The van der Waals surface area contributed by atoms with E-state index in [-0.39, 0.29) is 35.8 Å². The second-order valence-electron chi connectivity index (χ2n) is 6.83. The van der Waals surface area contributed by atoms with E-state index >= 15 is 0 Å². The van der Waals surface area contributed by atoms with Crippen LogP contribution >= 0.6 is 24.0 Å². The summed E-state index contributed by atoms with van der Waals surface area (Å²) in [4.78, 5) is 18.3. The van der Waals surface area contributed by atoms with Crippen LogP contribution in [0.15, 0.2) is 16.6 Å². The Morgan fingerprint density at radius 1 is 1.40 bits per heavy atom. The fourth-order valence-electron chi connectivity index (χ4n) is 3.13. The van der Waals surface area contributed by atoms with E-state index in [4.69, 9.17) is 4.74 Å². The van der Waals surface area contributed by atoms with Gasteiger partial charge in [0.05, 0.1) is 13.2 Å². The number of ether oxygens (including phenoxy) is 1. The van der Waals surface area contributed by atoms with Crippen molar-refractivity contribution in [2.24, 2.45) is 10.9 Å². The molecule has 144 valence electrons. The van der Waals surface area contributed by atoms with E-state index in [0.29, 0.717) is 6.04 Å². The van der Waals surface area contributed by atoms with Crippen molar-refractivity contribution in [3.63, 3.8) is 0 Å². The maximum Gasteiger partial charge on any atom is 0.225 e. The predicted molar refractivity (Wildman–Crippen MR) is 112 cm³/mol. The molecule has 2 rings (SSSR count). The summed E-state index contributed by atoms with van der Waals surface area (Å²) in [6, 6.07) is 0.384. The van der Waals surface area contributed by atoms with Gasteiger partial charge in [0.15, 0.2) is 5.96 Å². The number of rotatable bonds is 5. The lowest BCUT2D eigenvalue weighted by atomic mass is 10.0. The van der Waals surface area contributed by atoms with Gasteiger partial charge in [-0.15, -0.1) is 24.0 Å². The number of amides is 1. The number of piperidine rings is 1. The van der Waals surface area contributed by atoms with Gasteiger partial charge in [-0.2, -0.15) is 0 Å². The smallest absolute Gasteiger partial charge is 0.225 e. The van der Waals surface area contributed by atoms with Crippen molar-refractivity contribution in [2.75, 3.05) is 39.9 Å². The highest BCUT2D eigenvalue weighted by molar-refractivity contribution is 14.0. The molecule has 0 aromatic rings. The molecule has 0 radical (unpaired) electrons. The van der Waals surface area contributed by atoms with Crippen molar-refractivity contribution in [3.05, 3.63) is 11.6 Å². The van der Waals surface area contributed by atoms with Crippen molar-refractivity contribution in [2.45, 2.75) is 45.6 Å². The maximum absolute atomic E-state index is 12.0. The Bertz CT molecular complexity index is 472. The average Bonchev–Trinajstić information content (AvgIpc) is 2.61. The van der Waals surface area contributed by atoms with Crippen LogP contribution in [-0.2, 0) is 9.53 Å². The summed E-state index contributed by atoms with van der Waals surface area (Å²) in [6.07, 6.45) is 6.20. The third kappa shape index (κ3) is 7.52. The van der Waals surface area contributed by atoms with Crippen molar-refractivity contribution in [1.29, 1.82) is 0 Å². The molecule has 6 nitrogen and oxygen atoms in total. The van der Waals surface area contributed by atoms with Gasteiger partial charge in [0.2, 0.25) is 5.91 Å². The number of likely N-dealkylation sites (tertiary alicyclic amines) is 1. The summed E-state index contributed by atoms with van der Waals surface area (Å²) in [5.74, 6) is 1.21. The lowest BCUT2D eigenvalue weighted by Crippen LogP contribution is -2.50. The van der Waals surface area contributed by atoms with Crippen molar-refractivity contribution >= 4 is 35.8 Å². The lowest BCUT2D eigenvalue weighted by molar-refractivity contribution is -0.135. The molecule has 1 fully saturated rings. The van der Waals surface area contributed by atoms with Gasteiger partial charge in [-0.25, -0.2) is 0 Å². The van der Waals surface area contributed by atoms with Gasteiger partial charge in [-0.1, -0.05) is 25.5 Å². The molecule has 0 bridgehead atoms. The van der Waals surface area contributed by atoms with Crippen LogP contribution in [0.4, 0.5) is 0 Å². The number of nitrogens with zero attached hydrogens (tertiary/aromatic N) is 2. The van der Waals surface area contributed by atoms with Gasteiger partial charge in [0.1, 0.15) is 0 Å². The Hall–Kier alpha value is -0.830. The first-order chi connectivity index (χ1) is 11.6.